The van der Waals surface area contributed by atoms with Crippen LogP contribution in [0.15, 0.2) is 39.4 Å². The van der Waals surface area contributed by atoms with Crippen LogP contribution in [0.5, 0.6) is 11.5 Å². The van der Waals surface area contributed by atoms with Crippen molar-refractivity contribution in [2.45, 2.75) is 13.0 Å². The smallest absolute Gasteiger partial charge is 0.287 e. The number of methoxy groups -OCH3 is 2. The van der Waals surface area contributed by atoms with Gasteiger partial charge in [-0.3, -0.25) is 4.79 Å². The molecule has 0 saturated heterocycles. The minimum atomic E-state index is -0.293. The Balaban J connectivity index is 2.19. The fourth-order valence-corrected chi connectivity index (χ4v) is 2.27. The molecule has 0 bridgehead atoms. The molecule has 1 heterocycles. The van der Waals surface area contributed by atoms with Gasteiger partial charge < -0.3 is 19.2 Å². The lowest BCUT2D eigenvalue weighted by molar-refractivity contribution is 0.0910. The molecule has 0 spiro atoms. The van der Waals surface area contributed by atoms with Gasteiger partial charge in [-0.05, 0) is 53.2 Å². The fraction of sp³-hybridized carbons (Fsp3) is 0.267. The molecule has 0 aliphatic carbocycles. The van der Waals surface area contributed by atoms with Crippen LogP contribution >= 0.6 is 15.9 Å². The van der Waals surface area contributed by atoms with E-state index in [4.69, 9.17) is 13.9 Å². The Morgan fingerprint density at radius 3 is 2.57 bits per heavy atom. The summed E-state index contributed by atoms with van der Waals surface area (Å²) in [5, 5.41) is 2.86. The van der Waals surface area contributed by atoms with Crippen molar-refractivity contribution < 1.29 is 18.7 Å². The number of amides is 1. The minimum Gasteiger partial charge on any atom is -0.497 e. The van der Waals surface area contributed by atoms with Gasteiger partial charge in [-0.2, -0.15) is 0 Å². The van der Waals surface area contributed by atoms with E-state index in [2.05, 4.69) is 21.2 Å². The van der Waals surface area contributed by atoms with Crippen LogP contribution in [0.25, 0.3) is 0 Å². The topological polar surface area (TPSA) is 60.7 Å². The summed E-state index contributed by atoms with van der Waals surface area (Å²) in [4.78, 5) is 12.1. The lowest BCUT2D eigenvalue weighted by Crippen LogP contribution is -2.26. The first-order chi connectivity index (χ1) is 10.0. The zero-order valence-corrected chi connectivity index (χ0v) is 13.6. The summed E-state index contributed by atoms with van der Waals surface area (Å²) in [6.45, 7) is 1.87. The third-order valence-electron chi connectivity index (χ3n) is 3.05. The number of carbonyl (C=O) groups excluding carboxylic acids is 1. The van der Waals surface area contributed by atoms with Crippen LogP contribution in [0.4, 0.5) is 0 Å². The molecule has 0 saturated carbocycles. The normalized spacial score (nSPS) is 11.8. The van der Waals surface area contributed by atoms with Gasteiger partial charge in [-0.15, -0.1) is 0 Å². The van der Waals surface area contributed by atoms with Crippen LogP contribution in [0, 0.1) is 0 Å². The second-order valence-corrected chi connectivity index (χ2v) is 5.19. The fourth-order valence-electron chi connectivity index (χ4n) is 1.96. The first kappa shape index (κ1) is 15.4. The van der Waals surface area contributed by atoms with E-state index in [9.17, 15) is 4.79 Å². The molecule has 1 N–H and O–H groups in total. The monoisotopic (exact) mass is 353 g/mol. The van der Waals surface area contributed by atoms with Crippen LogP contribution in [-0.4, -0.2) is 20.1 Å². The van der Waals surface area contributed by atoms with E-state index in [1.165, 1.54) is 0 Å². The van der Waals surface area contributed by atoms with E-state index in [1.54, 1.807) is 38.5 Å². The molecule has 21 heavy (non-hydrogen) atoms. The molecule has 6 heteroatoms. The quantitative estimate of drug-likeness (QED) is 0.892. The Morgan fingerprint density at radius 2 is 2.00 bits per heavy atom. The van der Waals surface area contributed by atoms with Crippen molar-refractivity contribution in [1.29, 1.82) is 0 Å². The van der Waals surface area contributed by atoms with Gasteiger partial charge in [0.15, 0.2) is 10.4 Å². The summed E-state index contributed by atoms with van der Waals surface area (Å²) < 4.78 is 16.3. The number of hydrogen-bond donors (Lipinski definition) is 1. The molecule has 1 aromatic carbocycles. The summed E-state index contributed by atoms with van der Waals surface area (Å²) >= 11 is 3.17. The number of benzene rings is 1. The van der Waals surface area contributed by atoms with Crippen LogP contribution in [0.3, 0.4) is 0 Å². The number of halogens is 1. The summed E-state index contributed by atoms with van der Waals surface area (Å²) in [7, 11) is 3.18. The molecule has 0 aliphatic rings. The van der Waals surface area contributed by atoms with E-state index >= 15 is 0 Å². The molecule has 0 fully saturated rings. The molecule has 1 unspecified atom stereocenters. The lowest BCUT2D eigenvalue weighted by atomic mass is 10.1. The standard InChI is InChI=1S/C15H16BrNO4/c1-9(17-15(18)13-6-7-14(16)21-13)11-8-10(19-2)4-5-12(11)20-3/h4-9H,1-3H3,(H,17,18). The number of nitrogens with one attached hydrogen (secondary N) is 1. The van der Waals surface area contributed by atoms with E-state index in [1.807, 2.05) is 13.0 Å². The van der Waals surface area contributed by atoms with Gasteiger partial charge in [0.1, 0.15) is 11.5 Å². The van der Waals surface area contributed by atoms with E-state index < -0.39 is 0 Å². The summed E-state index contributed by atoms with van der Waals surface area (Å²) in [5.74, 6) is 1.34. The first-order valence-electron chi connectivity index (χ1n) is 6.33. The SMILES string of the molecule is COc1ccc(OC)c(C(C)NC(=O)c2ccc(Br)o2)c1. The Labute approximate surface area is 131 Å². The Hall–Kier alpha value is -1.95. The average molecular weight is 354 g/mol. The van der Waals surface area contributed by atoms with Gasteiger partial charge in [0.2, 0.25) is 0 Å². The Kier molecular flexibility index (Phi) is 4.90. The van der Waals surface area contributed by atoms with Gasteiger partial charge in [-0.1, -0.05) is 0 Å². The highest BCUT2D eigenvalue weighted by Gasteiger charge is 2.18. The molecule has 0 radical (unpaired) electrons. The third kappa shape index (κ3) is 3.58. The number of furan rings is 1. The molecular formula is C15H16BrNO4. The van der Waals surface area contributed by atoms with Gasteiger partial charge in [0, 0.05) is 5.56 Å². The van der Waals surface area contributed by atoms with Gasteiger partial charge in [-0.25, -0.2) is 0 Å². The van der Waals surface area contributed by atoms with Crippen molar-refractivity contribution in [3.8, 4) is 11.5 Å². The zero-order chi connectivity index (χ0) is 15.4. The van der Waals surface area contributed by atoms with Crippen LogP contribution in [0.1, 0.15) is 29.1 Å². The van der Waals surface area contributed by atoms with Gasteiger partial charge >= 0.3 is 0 Å². The predicted molar refractivity (Wildman–Crippen MR) is 81.8 cm³/mol. The Bertz CT molecular complexity index is 638. The highest BCUT2D eigenvalue weighted by Crippen LogP contribution is 2.29. The maximum atomic E-state index is 12.1. The van der Waals surface area contributed by atoms with Crippen molar-refractivity contribution in [3.63, 3.8) is 0 Å². The summed E-state index contributed by atoms with van der Waals surface area (Å²) in [6.07, 6.45) is 0. The van der Waals surface area contributed by atoms with E-state index in [0.717, 1.165) is 5.56 Å². The minimum absolute atomic E-state index is 0.246. The lowest BCUT2D eigenvalue weighted by Gasteiger charge is -2.17. The molecule has 2 rings (SSSR count). The summed E-state index contributed by atoms with van der Waals surface area (Å²) in [6, 6.07) is 8.47. The van der Waals surface area contributed by atoms with Crippen molar-refractivity contribution in [3.05, 3.63) is 46.3 Å². The molecule has 112 valence electrons. The van der Waals surface area contributed by atoms with E-state index in [0.29, 0.717) is 16.2 Å². The van der Waals surface area contributed by atoms with Crippen molar-refractivity contribution in [2.24, 2.45) is 0 Å². The van der Waals surface area contributed by atoms with Crippen molar-refractivity contribution in [2.75, 3.05) is 14.2 Å². The maximum absolute atomic E-state index is 12.1. The molecule has 5 nitrogen and oxygen atoms in total. The predicted octanol–water partition coefficient (Wildman–Crippen LogP) is 3.55. The second-order valence-electron chi connectivity index (χ2n) is 4.41. The van der Waals surface area contributed by atoms with E-state index in [-0.39, 0.29) is 17.7 Å². The Morgan fingerprint density at radius 1 is 1.24 bits per heavy atom. The number of carbonyl (C=O) groups is 1. The average Bonchev–Trinajstić information content (AvgIpc) is 2.93. The van der Waals surface area contributed by atoms with Crippen LogP contribution in [-0.2, 0) is 0 Å². The highest BCUT2D eigenvalue weighted by atomic mass is 79.9. The molecule has 0 aliphatic heterocycles. The molecule has 2 aromatic rings. The largest absolute Gasteiger partial charge is 0.497 e. The van der Waals surface area contributed by atoms with Gasteiger partial charge in [0.05, 0.1) is 20.3 Å². The number of hydrogen-bond acceptors (Lipinski definition) is 4. The molecule has 1 atom stereocenters. The number of ether oxygens (including phenoxy) is 2. The van der Waals surface area contributed by atoms with Gasteiger partial charge in [0.25, 0.3) is 5.91 Å². The number of rotatable bonds is 5. The maximum Gasteiger partial charge on any atom is 0.287 e. The molecular weight excluding hydrogens is 338 g/mol. The molecule has 1 amide bonds. The second kappa shape index (κ2) is 6.67. The van der Waals surface area contributed by atoms with Crippen molar-refractivity contribution >= 4 is 21.8 Å². The van der Waals surface area contributed by atoms with Crippen molar-refractivity contribution in [1.82, 2.24) is 5.32 Å². The molecule has 1 aromatic heterocycles. The third-order valence-corrected chi connectivity index (χ3v) is 3.47. The first-order valence-corrected chi connectivity index (χ1v) is 7.12. The van der Waals surface area contributed by atoms with Crippen LogP contribution in [0.2, 0.25) is 0 Å². The summed E-state index contributed by atoms with van der Waals surface area (Å²) in [5.41, 5.74) is 0.829. The highest BCUT2D eigenvalue weighted by molar-refractivity contribution is 9.10. The zero-order valence-electron chi connectivity index (χ0n) is 12.0. The van der Waals surface area contributed by atoms with Crippen LogP contribution < -0.4 is 14.8 Å².